The summed E-state index contributed by atoms with van der Waals surface area (Å²) in [6.07, 6.45) is 15.2. The number of hydrogen-bond acceptors (Lipinski definition) is 18. The minimum atomic E-state index is -1.12. The molecule has 0 aromatic carbocycles. The molecule has 4 N–H and O–H groups in total. The van der Waals surface area contributed by atoms with Crippen molar-refractivity contribution in [1.82, 2.24) is 0 Å². The average Bonchev–Trinajstić information content (AvgIpc) is 3.31. The van der Waals surface area contributed by atoms with Gasteiger partial charge in [-0.2, -0.15) is 0 Å². The van der Waals surface area contributed by atoms with Crippen LogP contribution in [0.3, 0.4) is 0 Å². The van der Waals surface area contributed by atoms with Crippen molar-refractivity contribution < 1.29 is 87.0 Å². The van der Waals surface area contributed by atoms with Crippen LogP contribution in [-0.4, -0.2) is 80.0 Å². The highest BCUT2D eigenvalue weighted by molar-refractivity contribution is 5.90. The second-order valence-corrected chi connectivity index (χ2v) is 20.0. The molecule has 0 unspecified atom stereocenters. The summed E-state index contributed by atoms with van der Waals surface area (Å²) >= 11 is 0. The van der Waals surface area contributed by atoms with Crippen LogP contribution in [0, 0.1) is 29.6 Å². The van der Waals surface area contributed by atoms with E-state index in [1.165, 1.54) is 40.5 Å². The van der Waals surface area contributed by atoms with Crippen LogP contribution >= 0.6 is 0 Å². The predicted octanol–water partition coefficient (Wildman–Crippen LogP) is 10.4. The van der Waals surface area contributed by atoms with Gasteiger partial charge in [-0.05, 0) is 110 Å². The van der Waals surface area contributed by atoms with E-state index >= 15 is 0 Å². The lowest BCUT2D eigenvalue weighted by atomic mass is 9.79. The molecular weight excluding hydrogens is 901 g/mol. The van der Waals surface area contributed by atoms with Gasteiger partial charge in [-0.15, -0.1) is 0 Å². The summed E-state index contributed by atoms with van der Waals surface area (Å²) in [7, 11) is 0. The lowest BCUT2D eigenvalue weighted by Crippen LogP contribution is -2.45. The molecular formula is C51H76O18. The van der Waals surface area contributed by atoms with E-state index in [-0.39, 0.29) is 58.0 Å². The van der Waals surface area contributed by atoms with Crippen molar-refractivity contribution in [2.24, 2.45) is 29.6 Å². The van der Waals surface area contributed by atoms with Crippen LogP contribution in [0.2, 0.25) is 0 Å². The molecule has 8 rings (SSSR count). The van der Waals surface area contributed by atoms with Crippen LogP contribution in [0.5, 0.6) is 0 Å². The highest BCUT2D eigenvalue weighted by Crippen LogP contribution is 2.45. The van der Waals surface area contributed by atoms with Crippen molar-refractivity contribution >= 4 is 29.8 Å². The molecule has 0 atom stereocenters. The molecule has 18 nitrogen and oxygen atoms in total. The van der Waals surface area contributed by atoms with Gasteiger partial charge in [0.05, 0.1) is 12.5 Å². The molecule has 388 valence electrons. The van der Waals surface area contributed by atoms with E-state index in [1.807, 2.05) is 0 Å². The van der Waals surface area contributed by atoms with Crippen molar-refractivity contribution in [3.05, 3.63) is 46.1 Å². The van der Waals surface area contributed by atoms with E-state index in [2.05, 4.69) is 27.7 Å². The summed E-state index contributed by atoms with van der Waals surface area (Å²) in [6.45, 7) is 16.8. The highest BCUT2D eigenvalue weighted by Gasteiger charge is 2.49. The van der Waals surface area contributed by atoms with Gasteiger partial charge >= 0.3 is 29.8 Å². The van der Waals surface area contributed by atoms with Crippen LogP contribution in [0.4, 0.5) is 0 Å². The molecule has 18 heteroatoms. The van der Waals surface area contributed by atoms with Gasteiger partial charge < -0.3 is 63.1 Å². The molecule has 4 saturated carbocycles. The molecule has 4 spiro atoms. The second-order valence-electron chi connectivity index (χ2n) is 20.0. The Morgan fingerprint density at radius 2 is 0.812 bits per heavy atom. The maximum absolute atomic E-state index is 11.6. The van der Waals surface area contributed by atoms with Crippen molar-refractivity contribution in [1.29, 1.82) is 0 Å². The van der Waals surface area contributed by atoms with Gasteiger partial charge in [0, 0.05) is 51.4 Å². The first kappa shape index (κ1) is 54.6. The largest absolute Gasteiger partial charge is 0.481 e. The Morgan fingerprint density at radius 3 is 1.09 bits per heavy atom. The van der Waals surface area contributed by atoms with Gasteiger partial charge in [-0.3, -0.25) is 4.79 Å². The first-order valence-corrected chi connectivity index (χ1v) is 25.0. The SMILES string of the molecule is CC1=C(O)OC2(CCC(C(C)C)CC2)OC1=O.CCC1CCC2(CC1)OC(=O)C(C)=C(O)O2.CCCC1CCC2(CC1)OC(=O)C(C)=C(O)O2.CCOC(=O)C1CCC2(CC1)OC(=O)C(C)=C(O)O2. The fourth-order valence-corrected chi connectivity index (χ4v) is 9.88. The lowest BCUT2D eigenvalue weighted by molar-refractivity contribution is -0.254. The third kappa shape index (κ3) is 13.5. The monoisotopic (exact) mass is 977 g/mol. The summed E-state index contributed by atoms with van der Waals surface area (Å²) in [4.78, 5) is 57.9. The molecule has 0 saturated heterocycles. The zero-order chi connectivity index (χ0) is 50.9. The van der Waals surface area contributed by atoms with Crippen LogP contribution in [0.15, 0.2) is 46.1 Å². The summed E-state index contributed by atoms with van der Waals surface area (Å²) in [6, 6.07) is 0. The lowest BCUT2D eigenvalue weighted by Gasteiger charge is -2.41. The van der Waals surface area contributed by atoms with Gasteiger partial charge in [-0.1, -0.05) is 47.0 Å². The number of aliphatic hydroxyl groups is 4. The molecule has 8 aliphatic rings. The Hall–Kier alpha value is -5.29. The Balaban J connectivity index is 0.000000172. The zero-order valence-corrected chi connectivity index (χ0v) is 42.0. The molecule has 0 bridgehead atoms. The van der Waals surface area contributed by atoms with E-state index in [9.17, 15) is 44.4 Å². The third-order valence-electron chi connectivity index (χ3n) is 14.9. The standard InChI is InChI=1S/C13H18O6.2C13H20O4.C12H18O4/c1-3-17-12(16)9-4-6-13(7-5-9)18-10(14)8(2)11(15)19-13;1-8(2)10-4-6-13(7-5-10)16-11(14)9(3)12(15)17-13;1-3-4-10-5-7-13(8-6-10)16-11(14)9(2)12(15)17-13;1-3-9-4-6-12(7-5-9)15-10(13)8(2)11(14)16-12/h9,14H,3-7H2,1-2H3;8,10,14H,4-7H2,1-3H3;10,14H,3-8H2,1-2H3;9,13H,3-7H2,1-2H3. The Morgan fingerprint density at radius 1 is 0.507 bits per heavy atom. The Kier molecular flexibility index (Phi) is 18.3. The maximum atomic E-state index is 11.6. The van der Waals surface area contributed by atoms with E-state index < -0.39 is 47.0 Å². The second kappa shape index (κ2) is 23.1. The maximum Gasteiger partial charge on any atom is 0.344 e. The summed E-state index contributed by atoms with van der Waals surface area (Å²) < 4.78 is 47.8. The molecule has 0 aromatic heterocycles. The number of esters is 5. The van der Waals surface area contributed by atoms with Gasteiger partial charge in [0.15, 0.2) is 0 Å². The van der Waals surface area contributed by atoms with Crippen LogP contribution in [-0.2, 0) is 66.6 Å². The quantitative estimate of drug-likeness (QED) is 0.143. The topological polar surface area (TPSA) is 249 Å². The molecule has 0 amide bonds. The van der Waals surface area contributed by atoms with Crippen LogP contribution in [0.25, 0.3) is 0 Å². The van der Waals surface area contributed by atoms with Crippen LogP contribution < -0.4 is 0 Å². The highest BCUT2D eigenvalue weighted by atomic mass is 16.8. The number of hydrogen-bond donors (Lipinski definition) is 4. The van der Waals surface area contributed by atoms with Crippen LogP contribution in [0.1, 0.15) is 184 Å². The summed E-state index contributed by atoms with van der Waals surface area (Å²) in [5.74, 6) is -4.73. The van der Waals surface area contributed by atoms with Gasteiger partial charge in [0.2, 0.25) is 0 Å². The zero-order valence-electron chi connectivity index (χ0n) is 42.0. The van der Waals surface area contributed by atoms with Gasteiger partial charge in [-0.25, -0.2) is 19.2 Å². The van der Waals surface area contributed by atoms with Gasteiger partial charge in [0.1, 0.15) is 22.3 Å². The molecule has 4 aliphatic heterocycles. The molecule has 0 aromatic rings. The van der Waals surface area contributed by atoms with E-state index in [0.29, 0.717) is 94.5 Å². The van der Waals surface area contributed by atoms with Crippen molar-refractivity contribution in [3.8, 4) is 0 Å². The molecule has 69 heavy (non-hydrogen) atoms. The van der Waals surface area contributed by atoms with Crippen molar-refractivity contribution in [2.45, 2.75) is 207 Å². The minimum Gasteiger partial charge on any atom is -0.481 e. The predicted molar refractivity (Wildman–Crippen MR) is 245 cm³/mol. The minimum absolute atomic E-state index is 0.0677. The normalized spacial score (nSPS) is 33.2. The number of carbonyl (C=O) groups excluding carboxylic acids is 5. The fourth-order valence-electron chi connectivity index (χ4n) is 9.88. The first-order chi connectivity index (χ1) is 32.5. The molecule has 4 heterocycles. The number of ether oxygens (including phenoxy) is 9. The number of aliphatic hydroxyl groups excluding tert-OH is 4. The van der Waals surface area contributed by atoms with E-state index in [4.69, 9.17) is 42.6 Å². The number of carbonyl (C=O) groups is 5. The average molecular weight is 977 g/mol. The molecule has 4 fully saturated rings. The third-order valence-corrected chi connectivity index (χ3v) is 14.9. The smallest absolute Gasteiger partial charge is 0.344 e. The van der Waals surface area contributed by atoms with Crippen molar-refractivity contribution in [2.75, 3.05) is 6.61 Å². The number of rotatable bonds is 6. The Labute approximate surface area is 405 Å². The first-order valence-electron chi connectivity index (χ1n) is 25.0. The summed E-state index contributed by atoms with van der Waals surface area (Å²) in [5.41, 5.74) is 0.536. The summed E-state index contributed by atoms with van der Waals surface area (Å²) in [5, 5.41) is 38.3. The Bertz CT molecular complexity index is 1990. The molecule has 0 radical (unpaired) electrons. The fraction of sp³-hybridized carbons (Fsp3) is 0.745. The van der Waals surface area contributed by atoms with E-state index in [1.54, 1.807) is 6.92 Å². The molecule has 4 aliphatic carbocycles. The van der Waals surface area contributed by atoms with Crippen molar-refractivity contribution in [3.63, 3.8) is 0 Å². The van der Waals surface area contributed by atoms with Gasteiger partial charge in [0.25, 0.3) is 46.9 Å². The van der Waals surface area contributed by atoms with E-state index in [0.717, 1.165) is 44.9 Å².